The van der Waals surface area contributed by atoms with Crippen molar-refractivity contribution < 1.29 is 4.79 Å². The lowest BCUT2D eigenvalue weighted by atomic mass is 10.1. The number of carbonyl (C=O) groups excluding carboxylic acids is 1. The summed E-state index contributed by atoms with van der Waals surface area (Å²) in [5.41, 5.74) is -0.140. The van der Waals surface area contributed by atoms with Crippen LogP contribution in [0.5, 0.6) is 0 Å². The molecule has 1 N–H and O–H groups in total. The van der Waals surface area contributed by atoms with Gasteiger partial charge < -0.3 is 14.8 Å². The van der Waals surface area contributed by atoms with E-state index in [9.17, 15) is 9.59 Å². The third-order valence-corrected chi connectivity index (χ3v) is 3.81. The molecule has 1 fully saturated rings. The minimum Gasteiger partial charge on any atom is -0.338 e. The van der Waals surface area contributed by atoms with Gasteiger partial charge in [-0.1, -0.05) is 6.92 Å². The largest absolute Gasteiger partial charge is 0.338 e. The van der Waals surface area contributed by atoms with Crippen molar-refractivity contribution in [3.63, 3.8) is 0 Å². The number of amides is 1. The van der Waals surface area contributed by atoms with Crippen molar-refractivity contribution in [2.24, 2.45) is 0 Å². The molecule has 0 saturated carbocycles. The van der Waals surface area contributed by atoms with E-state index < -0.39 is 6.04 Å². The minimum atomic E-state index is -0.414. The Bertz CT molecular complexity index is 509. The first-order valence-corrected chi connectivity index (χ1v) is 7.30. The smallest absolute Gasteiger partial charge is 0.251 e. The molecule has 0 spiro atoms. The fraction of sp³-hybridized carbons (Fsp3) is 0.538. The molecule has 2 heterocycles. The van der Waals surface area contributed by atoms with Gasteiger partial charge in [-0.15, -0.1) is 0 Å². The van der Waals surface area contributed by atoms with Crippen molar-refractivity contribution in [2.75, 3.05) is 26.2 Å². The number of hydrogen-bond donors (Lipinski definition) is 1. The quantitative estimate of drug-likeness (QED) is 0.900. The Morgan fingerprint density at radius 2 is 2.11 bits per heavy atom. The van der Waals surface area contributed by atoms with Gasteiger partial charge in [0.05, 0.1) is 0 Å². The Morgan fingerprint density at radius 1 is 1.42 bits per heavy atom. The highest BCUT2D eigenvalue weighted by atomic mass is 79.9. The molecule has 2 rings (SSSR count). The standard InChI is InChI=1S/C13H18BrN3O2/c1-2-11(13(19)16-7-5-15-6-8-16)17-9-10(14)3-4-12(17)18/h3-4,9,11,15H,2,5-8H2,1H3. The van der Waals surface area contributed by atoms with Gasteiger partial charge in [-0.3, -0.25) is 9.59 Å². The fourth-order valence-corrected chi connectivity index (χ4v) is 2.66. The lowest BCUT2D eigenvalue weighted by molar-refractivity contribution is -0.135. The molecule has 1 aromatic rings. The van der Waals surface area contributed by atoms with Gasteiger partial charge in [-0.05, 0) is 28.4 Å². The molecule has 0 aromatic carbocycles. The van der Waals surface area contributed by atoms with E-state index in [1.165, 1.54) is 10.6 Å². The van der Waals surface area contributed by atoms with E-state index in [0.29, 0.717) is 19.5 Å². The summed E-state index contributed by atoms with van der Waals surface area (Å²) in [6, 6.07) is 2.77. The lowest BCUT2D eigenvalue weighted by Gasteiger charge is -2.31. The van der Waals surface area contributed by atoms with Gasteiger partial charge in [-0.25, -0.2) is 0 Å². The van der Waals surface area contributed by atoms with E-state index in [0.717, 1.165) is 17.6 Å². The van der Waals surface area contributed by atoms with E-state index in [2.05, 4.69) is 21.2 Å². The monoisotopic (exact) mass is 327 g/mol. The number of piperazine rings is 1. The average Bonchev–Trinajstić information content (AvgIpc) is 2.44. The SMILES string of the molecule is CCC(C(=O)N1CCNCC1)n1cc(Br)ccc1=O. The molecule has 1 aliphatic rings. The molecule has 0 radical (unpaired) electrons. The molecular formula is C13H18BrN3O2. The molecule has 1 aliphatic heterocycles. The Morgan fingerprint density at radius 3 is 2.74 bits per heavy atom. The highest BCUT2D eigenvalue weighted by molar-refractivity contribution is 9.10. The van der Waals surface area contributed by atoms with Gasteiger partial charge in [0.2, 0.25) is 5.91 Å². The number of nitrogens with one attached hydrogen (secondary N) is 1. The highest BCUT2D eigenvalue weighted by Gasteiger charge is 2.26. The first-order valence-electron chi connectivity index (χ1n) is 6.50. The second kappa shape index (κ2) is 6.34. The average molecular weight is 328 g/mol. The van der Waals surface area contributed by atoms with Crippen LogP contribution >= 0.6 is 15.9 Å². The molecular weight excluding hydrogens is 310 g/mol. The molecule has 0 aliphatic carbocycles. The van der Waals surface area contributed by atoms with Crippen LogP contribution in [0.1, 0.15) is 19.4 Å². The van der Waals surface area contributed by atoms with Gasteiger partial charge in [0, 0.05) is 42.9 Å². The second-order valence-corrected chi connectivity index (χ2v) is 5.51. The van der Waals surface area contributed by atoms with E-state index in [1.807, 2.05) is 11.8 Å². The summed E-state index contributed by atoms with van der Waals surface area (Å²) in [4.78, 5) is 26.3. The number of pyridine rings is 1. The highest BCUT2D eigenvalue weighted by Crippen LogP contribution is 2.16. The summed E-state index contributed by atoms with van der Waals surface area (Å²) in [6.07, 6.45) is 2.30. The van der Waals surface area contributed by atoms with Crippen LogP contribution in [0, 0.1) is 0 Å². The van der Waals surface area contributed by atoms with E-state index in [1.54, 1.807) is 12.3 Å². The van der Waals surface area contributed by atoms with Crippen molar-refractivity contribution >= 4 is 21.8 Å². The number of halogens is 1. The molecule has 1 amide bonds. The van der Waals surface area contributed by atoms with Crippen LogP contribution in [0.15, 0.2) is 27.6 Å². The van der Waals surface area contributed by atoms with E-state index >= 15 is 0 Å². The summed E-state index contributed by atoms with van der Waals surface area (Å²) < 4.78 is 2.33. The van der Waals surface area contributed by atoms with Crippen LogP contribution in [0.25, 0.3) is 0 Å². The molecule has 6 heteroatoms. The molecule has 1 unspecified atom stereocenters. The van der Waals surface area contributed by atoms with Crippen LogP contribution in [0.4, 0.5) is 0 Å². The minimum absolute atomic E-state index is 0.0317. The van der Waals surface area contributed by atoms with Crippen molar-refractivity contribution in [3.05, 3.63) is 33.2 Å². The van der Waals surface area contributed by atoms with Crippen LogP contribution in [0.2, 0.25) is 0 Å². The van der Waals surface area contributed by atoms with Crippen LogP contribution < -0.4 is 10.9 Å². The number of aromatic nitrogens is 1. The lowest BCUT2D eigenvalue weighted by Crippen LogP contribution is -2.49. The number of nitrogens with zero attached hydrogens (tertiary/aromatic N) is 2. The Balaban J connectivity index is 2.25. The van der Waals surface area contributed by atoms with Crippen LogP contribution in [-0.2, 0) is 4.79 Å². The molecule has 1 saturated heterocycles. The van der Waals surface area contributed by atoms with Gasteiger partial charge in [-0.2, -0.15) is 0 Å². The normalized spacial score (nSPS) is 17.3. The van der Waals surface area contributed by atoms with Gasteiger partial charge in [0.25, 0.3) is 5.56 Å². The Kier molecular flexibility index (Phi) is 4.76. The zero-order valence-corrected chi connectivity index (χ0v) is 12.5. The van der Waals surface area contributed by atoms with Crippen molar-refractivity contribution in [2.45, 2.75) is 19.4 Å². The Labute approximate surface area is 120 Å². The number of hydrogen-bond acceptors (Lipinski definition) is 3. The maximum Gasteiger partial charge on any atom is 0.251 e. The predicted molar refractivity (Wildman–Crippen MR) is 77.2 cm³/mol. The first kappa shape index (κ1) is 14.3. The third kappa shape index (κ3) is 3.25. The Hall–Kier alpha value is -1.14. The van der Waals surface area contributed by atoms with E-state index in [-0.39, 0.29) is 11.5 Å². The van der Waals surface area contributed by atoms with E-state index in [4.69, 9.17) is 0 Å². The molecule has 104 valence electrons. The molecule has 19 heavy (non-hydrogen) atoms. The predicted octanol–water partition coefficient (Wildman–Crippen LogP) is 0.994. The van der Waals surface area contributed by atoms with Crippen LogP contribution in [0.3, 0.4) is 0 Å². The van der Waals surface area contributed by atoms with Crippen molar-refractivity contribution in [1.82, 2.24) is 14.8 Å². The molecule has 5 nitrogen and oxygen atoms in total. The molecule has 1 atom stereocenters. The van der Waals surface area contributed by atoms with Gasteiger partial charge in [0.1, 0.15) is 6.04 Å². The van der Waals surface area contributed by atoms with Gasteiger partial charge in [0.15, 0.2) is 0 Å². The number of rotatable bonds is 3. The summed E-state index contributed by atoms with van der Waals surface area (Å²) in [7, 11) is 0. The summed E-state index contributed by atoms with van der Waals surface area (Å²) >= 11 is 3.34. The summed E-state index contributed by atoms with van der Waals surface area (Å²) in [5, 5.41) is 3.22. The maximum atomic E-state index is 12.5. The summed E-state index contributed by atoms with van der Waals surface area (Å²) in [6.45, 7) is 4.97. The summed E-state index contributed by atoms with van der Waals surface area (Å²) in [5.74, 6) is 0.0317. The second-order valence-electron chi connectivity index (χ2n) is 4.59. The molecule has 1 aromatic heterocycles. The maximum absolute atomic E-state index is 12.5. The zero-order chi connectivity index (χ0) is 13.8. The van der Waals surface area contributed by atoms with Gasteiger partial charge >= 0.3 is 0 Å². The zero-order valence-electron chi connectivity index (χ0n) is 10.9. The van der Waals surface area contributed by atoms with Crippen molar-refractivity contribution in [1.29, 1.82) is 0 Å². The first-order chi connectivity index (χ1) is 9.13. The van der Waals surface area contributed by atoms with Crippen molar-refractivity contribution in [3.8, 4) is 0 Å². The van der Waals surface area contributed by atoms with Crippen LogP contribution in [-0.4, -0.2) is 41.6 Å². The number of carbonyl (C=O) groups is 1. The third-order valence-electron chi connectivity index (χ3n) is 3.34. The fourth-order valence-electron chi connectivity index (χ4n) is 2.31. The topological polar surface area (TPSA) is 54.3 Å². The molecule has 0 bridgehead atoms.